The molecule has 2 aromatic rings. The highest BCUT2D eigenvalue weighted by atomic mass is 16.2. The van der Waals surface area contributed by atoms with Gasteiger partial charge in [-0.05, 0) is 30.0 Å². The third-order valence-corrected chi connectivity index (χ3v) is 4.96. The van der Waals surface area contributed by atoms with E-state index in [1.165, 1.54) is 5.56 Å². The number of fused-ring (bicyclic) bond motifs is 1. The Morgan fingerprint density at radius 1 is 1.12 bits per heavy atom. The largest absolute Gasteiger partial charge is 0.347 e. The van der Waals surface area contributed by atoms with Gasteiger partial charge in [-0.25, -0.2) is 0 Å². The molecular formula is C21H25N3O2. The summed E-state index contributed by atoms with van der Waals surface area (Å²) in [6.07, 6.45) is 1.92. The second-order valence-electron chi connectivity index (χ2n) is 6.72. The van der Waals surface area contributed by atoms with Crippen LogP contribution in [0.1, 0.15) is 30.5 Å². The van der Waals surface area contributed by atoms with Crippen LogP contribution in [-0.2, 0) is 16.0 Å². The van der Waals surface area contributed by atoms with Gasteiger partial charge >= 0.3 is 0 Å². The molecule has 0 aromatic heterocycles. The normalized spacial score (nSPS) is 15.7. The molecular weight excluding hydrogens is 326 g/mol. The van der Waals surface area contributed by atoms with Crippen molar-refractivity contribution in [3.05, 3.63) is 65.7 Å². The van der Waals surface area contributed by atoms with E-state index >= 15 is 0 Å². The quantitative estimate of drug-likeness (QED) is 0.869. The van der Waals surface area contributed by atoms with E-state index < -0.39 is 12.0 Å². The van der Waals surface area contributed by atoms with Crippen molar-refractivity contribution >= 4 is 17.5 Å². The van der Waals surface area contributed by atoms with Crippen LogP contribution in [0.25, 0.3) is 0 Å². The molecule has 0 bridgehead atoms. The Balaban J connectivity index is 1.59. The monoisotopic (exact) mass is 351 g/mol. The van der Waals surface area contributed by atoms with E-state index in [-0.39, 0.29) is 18.4 Å². The minimum Gasteiger partial charge on any atom is -0.347 e. The number of aryl methyl sites for hydroxylation is 1. The van der Waals surface area contributed by atoms with Gasteiger partial charge < -0.3 is 16.0 Å². The molecule has 0 saturated heterocycles. The minimum absolute atomic E-state index is 0.0149. The van der Waals surface area contributed by atoms with E-state index in [4.69, 9.17) is 5.73 Å². The van der Waals surface area contributed by atoms with Crippen LogP contribution in [0.15, 0.2) is 54.6 Å². The number of amides is 2. The first-order chi connectivity index (χ1) is 12.6. The first kappa shape index (κ1) is 18.1. The van der Waals surface area contributed by atoms with Crippen molar-refractivity contribution in [1.82, 2.24) is 5.32 Å². The molecule has 2 atom stereocenters. The van der Waals surface area contributed by atoms with E-state index in [0.29, 0.717) is 6.54 Å². The highest BCUT2D eigenvalue weighted by Crippen LogP contribution is 2.26. The van der Waals surface area contributed by atoms with Crippen molar-refractivity contribution in [1.29, 1.82) is 0 Å². The molecule has 3 rings (SSSR count). The second-order valence-corrected chi connectivity index (χ2v) is 6.72. The summed E-state index contributed by atoms with van der Waals surface area (Å²) in [6, 6.07) is 17.1. The first-order valence-electron chi connectivity index (χ1n) is 9.04. The third kappa shape index (κ3) is 3.94. The summed E-state index contributed by atoms with van der Waals surface area (Å²) in [6.45, 7) is 2.46. The topological polar surface area (TPSA) is 75.4 Å². The van der Waals surface area contributed by atoms with Gasteiger partial charge in [-0.15, -0.1) is 0 Å². The SMILES string of the molecule is CC(C(=O)NCC(=O)N1CCCc2ccccc21)C(N)c1ccccc1. The van der Waals surface area contributed by atoms with Gasteiger partial charge in [-0.1, -0.05) is 55.5 Å². The maximum Gasteiger partial charge on any atom is 0.246 e. The predicted molar refractivity (Wildman–Crippen MR) is 103 cm³/mol. The Bertz CT molecular complexity index is 776. The number of carbonyl (C=O) groups excluding carboxylic acids is 2. The number of hydrogen-bond donors (Lipinski definition) is 2. The van der Waals surface area contributed by atoms with Gasteiger partial charge in [-0.3, -0.25) is 9.59 Å². The number of para-hydroxylation sites is 1. The molecule has 3 N–H and O–H groups in total. The van der Waals surface area contributed by atoms with E-state index in [0.717, 1.165) is 24.1 Å². The molecule has 26 heavy (non-hydrogen) atoms. The number of nitrogens with two attached hydrogens (primary N) is 1. The molecule has 1 heterocycles. The molecule has 2 amide bonds. The molecule has 0 radical (unpaired) electrons. The van der Waals surface area contributed by atoms with Crippen molar-refractivity contribution in [2.75, 3.05) is 18.0 Å². The van der Waals surface area contributed by atoms with Gasteiger partial charge in [0.1, 0.15) is 0 Å². The summed E-state index contributed by atoms with van der Waals surface area (Å²) in [7, 11) is 0. The summed E-state index contributed by atoms with van der Waals surface area (Å²) < 4.78 is 0. The van der Waals surface area contributed by atoms with Gasteiger partial charge in [0, 0.05) is 18.3 Å². The van der Waals surface area contributed by atoms with Crippen LogP contribution in [-0.4, -0.2) is 24.9 Å². The lowest BCUT2D eigenvalue weighted by Gasteiger charge is -2.29. The Hall–Kier alpha value is -2.66. The van der Waals surface area contributed by atoms with Crippen LogP contribution >= 0.6 is 0 Å². The fourth-order valence-electron chi connectivity index (χ4n) is 3.34. The number of carbonyl (C=O) groups is 2. The van der Waals surface area contributed by atoms with Crippen molar-refractivity contribution in [2.45, 2.75) is 25.8 Å². The van der Waals surface area contributed by atoms with Crippen LogP contribution in [0.3, 0.4) is 0 Å². The fourth-order valence-corrected chi connectivity index (χ4v) is 3.34. The van der Waals surface area contributed by atoms with Gasteiger partial charge in [-0.2, -0.15) is 0 Å². The Labute approximate surface area is 154 Å². The summed E-state index contributed by atoms with van der Waals surface area (Å²) in [5.41, 5.74) is 9.23. The number of anilines is 1. The molecule has 0 aliphatic carbocycles. The zero-order valence-corrected chi connectivity index (χ0v) is 15.0. The second kappa shape index (κ2) is 8.15. The first-order valence-corrected chi connectivity index (χ1v) is 9.04. The number of benzene rings is 2. The summed E-state index contributed by atoms with van der Waals surface area (Å²) in [4.78, 5) is 26.8. The van der Waals surface area contributed by atoms with E-state index in [1.54, 1.807) is 11.8 Å². The van der Waals surface area contributed by atoms with Crippen LogP contribution in [0.2, 0.25) is 0 Å². The number of nitrogens with zero attached hydrogens (tertiary/aromatic N) is 1. The van der Waals surface area contributed by atoms with Crippen LogP contribution in [0.5, 0.6) is 0 Å². The van der Waals surface area contributed by atoms with E-state index in [1.807, 2.05) is 54.6 Å². The Morgan fingerprint density at radius 3 is 2.58 bits per heavy atom. The number of hydrogen-bond acceptors (Lipinski definition) is 3. The summed E-state index contributed by atoms with van der Waals surface area (Å²) in [5, 5.41) is 2.75. The van der Waals surface area contributed by atoms with Gasteiger partial charge in [0.25, 0.3) is 0 Å². The van der Waals surface area contributed by atoms with Crippen LogP contribution in [0, 0.1) is 5.92 Å². The third-order valence-electron chi connectivity index (χ3n) is 4.96. The summed E-state index contributed by atoms with van der Waals surface area (Å²) >= 11 is 0. The number of nitrogens with one attached hydrogen (secondary N) is 1. The van der Waals surface area contributed by atoms with Gasteiger partial charge in [0.05, 0.1) is 12.5 Å². The highest BCUT2D eigenvalue weighted by Gasteiger charge is 2.25. The molecule has 2 unspecified atom stereocenters. The Morgan fingerprint density at radius 2 is 1.81 bits per heavy atom. The van der Waals surface area contributed by atoms with Gasteiger partial charge in [0.15, 0.2) is 0 Å². The summed E-state index contributed by atoms with van der Waals surface area (Å²) in [5.74, 6) is -0.718. The maximum atomic E-state index is 12.6. The molecule has 0 saturated carbocycles. The van der Waals surface area contributed by atoms with Crippen molar-refractivity contribution in [3.8, 4) is 0 Å². The maximum absolute atomic E-state index is 12.6. The lowest BCUT2D eigenvalue weighted by molar-refractivity contribution is -0.128. The molecule has 1 aliphatic heterocycles. The zero-order valence-electron chi connectivity index (χ0n) is 15.0. The smallest absolute Gasteiger partial charge is 0.246 e. The highest BCUT2D eigenvalue weighted by molar-refractivity contribution is 5.97. The predicted octanol–water partition coefficient (Wildman–Crippen LogP) is 2.42. The average Bonchev–Trinajstić information content (AvgIpc) is 2.70. The number of rotatable bonds is 5. The van der Waals surface area contributed by atoms with Crippen LogP contribution in [0.4, 0.5) is 5.69 Å². The molecule has 0 spiro atoms. The van der Waals surface area contributed by atoms with Gasteiger partial charge in [0.2, 0.25) is 11.8 Å². The molecule has 2 aromatic carbocycles. The van der Waals surface area contributed by atoms with Crippen molar-refractivity contribution in [3.63, 3.8) is 0 Å². The fraction of sp³-hybridized carbons (Fsp3) is 0.333. The molecule has 5 nitrogen and oxygen atoms in total. The van der Waals surface area contributed by atoms with E-state index in [9.17, 15) is 9.59 Å². The van der Waals surface area contributed by atoms with Crippen molar-refractivity contribution in [2.24, 2.45) is 11.7 Å². The molecule has 0 fully saturated rings. The van der Waals surface area contributed by atoms with E-state index in [2.05, 4.69) is 5.32 Å². The minimum atomic E-state index is -0.418. The lowest BCUT2D eigenvalue weighted by Crippen LogP contribution is -2.44. The zero-order chi connectivity index (χ0) is 18.5. The standard InChI is InChI=1S/C21H25N3O2/c1-15(20(22)17-9-3-2-4-10-17)21(26)23-14-19(25)24-13-7-11-16-8-5-6-12-18(16)24/h2-6,8-10,12,15,20H,7,11,13-14,22H2,1H3,(H,23,26). The average molecular weight is 351 g/mol. The van der Waals surface area contributed by atoms with Crippen molar-refractivity contribution < 1.29 is 9.59 Å². The molecule has 1 aliphatic rings. The van der Waals surface area contributed by atoms with Crippen LogP contribution < -0.4 is 16.0 Å². The molecule has 5 heteroatoms. The molecule has 136 valence electrons. The Kier molecular flexibility index (Phi) is 5.68. The lowest BCUT2D eigenvalue weighted by atomic mass is 9.94.